The SMILES string of the molecule is CCOC(=O)Cc1nc(-c2ccc(C)c(C)c2)ns1. The van der Waals surface area contributed by atoms with Crippen molar-refractivity contribution in [3.8, 4) is 11.4 Å². The first-order valence-electron chi connectivity index (χ1n) is 6.16. The molecule has 0 aliphatic carbocycles. The highest BCUT2D eigenvalue weighted by Crippen LogP contribution is 2.21. The number of aromatic nitrogens is 2. The van der Waals surface area contributed by atoms with Crippen LogP contribution in [0.15, 0.2) is 18.2 Å². The average Bonchev–Trinajstić information content (AvgIpc) is 2.81. The first-order valence-corrected chi connectivity index (χ1v) is 6.93. The van der Waals surface area contributed by atoms with E-state index in [0.29, 0.717) is 17.4 Å². The molecule has 0 amide bonds. The molecule has 0 radical (unpaired) electrons. The molecule has 1 aromatic heterocycles. The first kappa shape index (κ1) is 13.7. The molecule has 0 saturated heterocycles. The van der Waals surface area contributed by atoms with Crippen LogP contribution in [0.4, 0.5) is 0 Å². The van der Waals surface area contributed by atoms with E-state index >= 15 is 0 Å². The fourth-order valence-corrected chi connectivity index (χ4v) is 2.31. The largest absolute Gasteiger partial charge is 0.466 e. The van der Waals surface area contributed by atoms with Crippen molar-refractivity contribution in [2.75, 3.05) is 6.61 Å². The van der Waals surface area contributed by atoms with Gasteiger partial charge in [0.25, 0.3) is 0 Å². The molecule has 2 aromatic rings. The molecule has 19 heavy (non-hydrogen) atoms. The van der Waals surface area contributed by atoms with Crippen molar-refractivity contribution in [2.45, 2.75) is 27.2 Å². The van der Waals surface area contributed by atoms with Crippen LogP contribution < -0.4 is 0 Å². The third kappa shape index (κ3) is 3.38. The molecule has 1 aromatic carbocycles. The van der Waals surface area contributed by atoms with Gasteiger partial charge in [-0.2, -0.15) is 4.37 Å². The number of aryl methyl sites for hydroxylation is 2. The van der Waals surface area contributed by atoms with Gasteiger partial charge in [-0.05, 0) is 49.5 Å². The molecule has 0 bridgehead atoms. The Kier molecular flexibility index (Phi) is 4.27. The Balaban J connectivity index is 2.16. The van der Waals surface area contributed by atoms with Crippen molar-refractivity contribution in [3.05, 3.63) is 34.3 Å². The minimum absolute atomic E-state index is 0.191. The van der Waals surface area contributed by atoms with Gasteiger partial charge in [-0.3, -0.25) is 4.79 Å². The lowest BCUT2D eigenvalue weighted by molar-refractivity contribution is -0.142. The van der Waals surface area contributed by atoms with E-state index in [1.165, 1.54) is 22.7 Å². The summed E-state index contributed by atoms with van der Waals surface area (Å²) in [7, 11) is 0. The molecule has 0 unspecified atom stereocenters. The first-order chi connectivity index (χ1) is 9.10. The predicted molar refractivity (Wildman–Crippen MR) is 75.2 cm³/mol. The van der Waals surface area contributed by atoms with Crippen molar-refractivity contribution in [1.82, 2.24) is 9.36 Å². The van der Waals surface area contributed by atoms with E-state index in [1.807, 2.05) is 6.07 Å². The van der Waals surface area contributed by atoms with Gasteiger partial charge in [-0.1, -0.05) is 12.1 Å². The van der Waals surface area contributed by atoms with E-state index < -0.39 is 0 Å². The Labute approximate surface area is 116 Å². The van der Waals surface area contributed by atoms with Gasteiger partial charge in [0.2, 0.25) is 0 Å². The molecular formula is C14H16N2O2S. The highest BCUT2D eigenvalue weighted by Gasteiger charge is 2.11. The maximum atomic E-state index is 11.4. The van der Waals surface area contributed by atoms with Crippen molar-refractivity contribution in [3.63, 3.8) is 0 Å². The second-order valence-corrected chi connectivity index (χ2v) is 5.13. The van der Waals surface area contributed by atoms with Crippen LogP contribution in [0, 0.1) is 13.8 Å². The fourth-order valence-electron chi connectivity index (χ4n) is 1.66. The van der Waals surface area contributed by atoms with Crippen molar-refractivity contribution >= 4 is 17.5 Å². The number of benzene rings is 1. The minimum atomic E-state index is -0.259. The van der Waals surface area contributed by atoms with Gasteiger partial charge < -0.3 is 4.74 Å². The van der Waals surface area contributed by atoms with Gasteiger partial charge in [-0.15, -0.1) is 0 Å². The van der Waals surface area contributed by atoms with Crippen molar-refractivity contribution < 1.29 is 9.53 Å². The zero-order valence-corrected chi connectivity index (χ0v) is 12.1. The smallest absolute Gasteiger partial charge is 0.312 e. The lowest BCUT2D eigenvalue weighted by Crippen LogP contribution is -2.07. The molecular weight excluding hydrogens is 260 g/mol. The number of ether oxygens (including phenoxy) is 1. The Morgan fingerprint density at radius 2 is 2.11 bits per heavy atom. The summed E-state index contributed by atoms with van der Waals surface area (Å²) >= 11 is 1.25. The quantitative estimate of drug-likeness (QED) is 0.806. The van der Waals surface area contributed by atoms with Gasteiger partial charge in [0.05, 0.1) is 13.0 Å². The van der Waals surface area contributed by atoms with Gasteiger partial charge in [0, 0.05) is 5.56 Å². The standard InChI is InChI=1S/C14H16N2O2S/c1-4-18-13(17)8-12-15-14(16-19-12)11-6-5-9(2)10(3)7-11/h5-7H,4,8H2,1-3H3. The molecule has 0 fully saturated rings. The number of rotatable bonds is 4. The number of carbonyl (C=O) groups excluding carboxylic acids is 1. The second kappa shape index (κ2) is 5.93. The molecule has 0 aliphatic heterocycles. The average molecular weight is 276 g/mol. The van der Waals surface area contributed by atoms with E-state index in [4.69, 9.17) is 4.74 Å². The van der Waals surface area contributed by atoms with Crippen LogP contribution in [0.3, 0.4) is 0 Å². The Hall–Kier alpha value is -1.75. The van der Waals surface area contributed by atoms with Crippen LogP contribution in [0.1, 0.15) is 23.1 Å². The Bertz CT molecular complexity index is 593. The van der Waals surface area contributed by atoms with Crippen LogP contribution in [0.5, 0.6) is 0 Å². The van der Waals surface area contributed by atoms with E-state index in [1.54, 1.807) is 6.92 Å². The highest BCUT2D eigenvalue weighted by molar-refractivity contribution is 7.05. The molecule has 1 heterocycles. The maximum Gasteiger partial charge on any atom is 0.312 e. The van der Waals surface area contributed by atoms with Gasteiger partial charge in [0.1, 0.15) is 5.01 Å². The summed E-state index contributed by atoms with van der Waals surface area (Å²) in [5.74, 6) is 0.415. The van der Waals surface area contributed by atoms with Crippen LogP contribution in [-0.2, 0) is 16.0 Å². The number of nitrogens with zero attached hydrogens (tertiary/aromatic N) is 2. The summed E-state index contributed by atoms with van der Waals surface area (Å²) in [5, 5.41) is 0.687. The zero-order valence-electron chi connectivity index (χ0n) is 11.3. The Morgan fingerprint density at radius 1 is 1.32 bits per heavy atom. The van der Waals surface area contributed by atoms with E-state index in [0.717, 1.165) is 5.56 Å². The molecule has 2 rings (SSSR count). The third-order valence-electron chi connectivity index (χ3n) is 2.83. The van der Waals surface area contributed by atoms with Crippen LogP contribution in [0.25, 0.3) is 11.4 Å². The van der Waals surface area contributed by atoms with Crippen molar-refractivity contribution in [1.29, 1.82) is 0 Å². The molecule has 5 heteroatoms. The normalized spacial score (nSPS) is 10.5. The number of esters is 1. The van der Waals surface area contributed by atoms with Gasteiger partial charge in [-0.25, -0.2) is 4.98 Å². The van der Waals surface area contributed by atoms with Gasteiger partial charge >= 0.3 is 5.97 Å². The second-order valence-electron chi connectivity index (χ2n) is 4.29. The molecule has 0 saturated carbocycles. The summed E-state index contributed by atoms with van der Waals surface area (Å²) in [6.45, 7) is 6.31. The summed E-state index contributed by atoms with van der Waals surface area (Å²) in [4.78, 5) is 15.8. The third-order valence-corrected chi connectivity index (χ3v) is 3.54. The molecule has 0 N–H and O–H groups in total. The molecule has 0 atom stereocenters. The topological polar surface area (TPSA) is 52.1 Å². The Morgan fingerprint density at radius 3 is 2.79 bits per heavy atom. The fraction of sp³-hybridized carbons (Fsp3) is 0.357. The van der Waals surface area contributed by atoms with E-state index in [9.17, 15) is 4.79 Å². The molecule has 0 spiro atoms. The lowest BCUT2D eigenvalue weighted by Gasteiger charge is -2.01. The number of hydrogen-bond donors (Lipinski definition) is 0. The summed E-state index contributed by atoms with van der Waals surface area (Å²) in [6.07, 6.45) is 0.191. The minimum Gasteiger partial charge on any atom is -0.466 e. The van der Waals surface area contributed by atoms with Crippen LogP contribution in [0.2, 0.25) is 0 Å². The monoisotopic (exact) mass is 276 g/mol. The molecule has 0 aliphatic rings. The maximum absolute atomic E-state index is 11.4. The van der Waals surface area contributed by atoms with E-state index in [2.05, 4.69) is 35.3 Å². The summed E-state index contributed by atoms with van der Waals surface area (Å²) in [5.41, 5.74) is 3.43. The highest BCUT2D eigenvalue weighted by atomic mass is 32.1. The number of hydrogen-bond acceptors (Lipinski definition) is 5. The van der Waals surface area contributed by atoms with Gasteiger partial charge in [0.15, 0.2) is 5.82 Å². The van der Waals surface area contributed by atoms with Crippen LogP contribution >= 0.6 is 11.5 Å². The number of carbonyl (C=O) groups is 1. The molecule has 4 nitrogen and oxygen atoms in total. The summed E-state index contributed by atoms with van der Waals surface area (Å²) < 4.78 is 9.19. The predicted octanol–water partition coefficient (Wildman–Crippen LogP) is 2.93. The van der Waals surface area contributed by atoms with Crippen molar-refractivity contribution in [2.24, 2.45) is 0 Å². The zero-order chi connectivity index (χ0) is 13.8. The van der Waals surface area contributed by atoms with E-state index in [-0.39, 0.29) is 12.4 Å². The summed E-state index contributed by atoms with van der Waals surface area (Å²) in [6, 6.07) is 6.11. The van der Waals surface area contributed by atoms with Crippen LogP contribution in [-0.4, -0.2) is 21.9 Å². The molecule has 100 valence electrons. The lowest BCUT2D eigenvalue weighted by atomic mass is 10.1.